The average molecular weight is 1350 g/mol. The van der Waals surface area contributed by atoms with Gasteiger partial charge in [-0.15, -0.1) is 0 Å². The van der Waals surface area contributed by atoms with Gasteiger partial charge in [-0.1, -0.05) is 330 Å². The number of nitrogens with one attached hydrogen (secondary N) is 2. The summed E-state index contributed by atoms with van der Waals surface area (Å²) in [5, 5.41) is 38.4. The zero-order valence-electron chi connectivity index (χ0n) is 61.9. The molecule has 8 atom stereocenters. The van der Waals surface area contributed by atoms with Gasteiger partial charge in [-0.25, -0.2) is 4.79 Å². The lowest BCUT2D eigenvalue weighted by Gasteiger charge is -2.44. The molecule has 16 heteroatoms. The summed E-state index contributed by atoms with van der Waals surface area (Å²) < 4.78 is 30.6. The number of esters is 3. The highest BCUT2D eigenvalue weighted by Crippen LogP contribution is 2.28. The summed E-state index contributed by atoms with van der Waals surface area (Å²) >= 11 is 0. The van der Waals surface area contributed by atoms with Gasteiger partial charge in [0.1, 0.15) is 30.5 Å². The lowest BCUT2D eigenvalue weighted by molar-refractivity contribution is -0.275. The Kier molecular flexibility index (Phi) is 61.6. The van der Waals surface area contributed by atoms with Crippen molar-refractivity contribution in [1.29, 1.82) is 0 Å². The summed E-state index contributed by atoms with van der Waals surface area (Å²) in [6, 6.07) is -3.02. The standard InChI is InChI=1S/C79H148N2O14/c1-6-11-16-21-26-31-34-39-44-49-54-59-70(83)80-68(78(89)90)65-91-79-75(81-71(84)62-66(57-52-47-42-37-29-24-19-14-9-4)92-72(85)60-55-50-45-40-35-32-27-22-17-12-7-2)77(76(88)69(64-82)94-79)95-74(87)63-67(58-53-48-43-38-30-25-20-15-10-5)93-73(86)61-56-51-46-41-36-33-28-23-18-13-8-3/h66-69,75-77,79,82,88H,6-65H2,1-5H3,(H,80,83)(H,81,84)(H,89,90)/t66?,67?,68-,69+,75+,76+,77+,79+/m0/s1. The maximum Gasteiger partial charge on any atom is 0.328 e. The second kappa shape index (κ2) is 65.3. The Morgan fingerprint density at radius 1 is 0.400 bits per heavy atom. The Labute approximate surface area is 580 Å². The van der Waals surface area contributed by atoms with E-state index in [2.05, 4.69) is 45.3 Å². The van der Waals surface area contributed by atoms with Crippen LogP contribution in [0.4, 0.5) is 0 Å². The maximum absolute atomic E-state index is 14.6. The summed E-state index contributed by atoms with van der Waals surface area (Å²) in [5.74, 6) is -4.07. The van der Waals surface area contributed by atoms with Gasteiger partial charge in [0.15, 0.2) is 18.4 Å². The third-order valence-electron chi connectivity index (χ3n) is 19.1. The predicted molar refractivity (Wildman–Crippen MR) is 385 cm³/mol. The zero-order valence-corrected chi connectivity index (χ0v) is 61.9. The average Bonchev–Trinajstić information content (AvgIpc) is 0.799. The maximum atomic E-state index is 14.6. The van der Waals surface area contributed by atoms with Crippen molar-refractivity contribution in [2.45, 2.75) is 456 Å². The first kappa shape index (κ1) is 89.7. The van der Waals surface area contributed by atoms with Crippen molar-refractivity contribution in [3.63, 3.8) is 0 Å². The summed E-state index contributed by atoms with van der Waals surface area (Å²) in [7, 11) is 0. The van der Waals surface area contributed by atoms with Crippen molar-refractivity contribution in [3.8, 4) is 0 Å². The van der Waals surface area contributed by atoms with Crippen molar-refractivity contribution in [3.05, 3.63) is 0 Å². The minimum Gasteiger partial charge on any atom is -0.480 e. The van der Waals surface area contributed by atoms with Gasteiger partial charge < -0.3 is 49.6 Å². The molecule has 0 saturated carbocycles. The van der Waals surface area contributed by atoms with Crippen LogP contribution >= 0.6 is 0 Å². The van der Waals surface area contributed by atoms with Gasteiger partial charge in [0.2, 0.25) is 11.8 Å². The molecular weight excluding hydrogens is 1200 g/mol. The lowest BCUT2D eigenvalue weighted by Crippen LogP contribution is -2.66. The number of unbranched alkanes of at least 4 members (excludes halogenated alkanes) is 46. The quantitative estimate of drug-likeness (QED) is 0.0217. The molecule has 0 bridgehead atoms. The van der Waals surface area contributed by atoms with E-state index in [9.17, 15) is 44.1 Å². The first-order chi connectivity index (χ1) is 46.3. The number of carbonyl (C=O) groups excluding carboxylic acids is 5. The van der Waals surface area contributed by atoms with Gasteiger partial charge in [-0.3, -0.25) is 24.0 Å². The monoisotopic (exact) mass is 1350 g/mol. The van der Waals surface area contributed by atoms with Crippen LogP contribution in [-0.4, -0.2) is 113 Å². The summed E-state index contributed by atoms with van der Waals surface area (Å²) in [4.78, 5) is 82.1. The largest absolute Gasteiger partial charge is 0.480 e. The Morgan fingerprint density at radius 3 is 1.05 bits per heavy atom. The van der Waals surface area contributed by atoms with Crippen LogP contribution in [0.3, 0.4) is 0 Å². The molecular formula is C79H148N2O14. The molecule has 1 aliphatic rings. The number of amides is 2. The van der Waals surface area contributed by atoms with Crippen molar-refractivity contribution in [2.75, 3.05) is 13.2 Å². The summed E-state index contributed by atoms with van der Waals surface area (Å²) in [6.45, 7) is 9.68. The number of carboxylic acids is 1. The topological polar surface area (TPSA) is 233 Å². The number of ether oxygens (including phenoxy) is 5. The SMILES string of the molecule is CCCCCCCCCCCCCC(=O)N[C@@H](CO[C@@H]1O[C@H](CO)[C@@H](O)[C@H](OC(=O)CC(CCCCCCCCCCC)OC(=O)CCCCCCCCCCCCC)[C@H]1NC(=O)CC(CCCCCCCCCCC)OC(=O)CCCCCCCCCCCCC)C(=O)O. The summed E-state index contributed by atoms with van der Waals surface area (Å²) in [5.41, 5.74) is 0. The molecule has 0 aromatic heterocycles. The second-order valence-corrected chi connectivity index (χ2v) is 28.3. The molecule has 2 amide bonds. The lowest BCUT2D eigenvalue weighted by atomic mass is 9.96. The van der Waals surface area contributed by atoms with E-state index in [-0.39, 0.29) is 38.1 Å². The van der Waals surface area contributed by atoms with Crippen LogP contribution in [0.1, 0.15) is 407 Å². The molecule has 1 rings (SSSR count). The Bertz CT molecular complexity index is 1820. The molecule has 1 saturated heterocycles. The predicted octanol–water partition coefficient (Wildman–Crippen LogP) is 19.6. The molecule has 0 aromatic carbocycles. The van der Waals surface area contributed by atoms with Crippen LogP contribution in [0.2, 0.25) is 0 Å². The molecule has 0 radical (unpaired) electrons. The number of aliphatic hydroxyl groups excluding tert-OH is 2. The van der Waals surface area contributed by atoms with Crippen LogP contribution in [-0.2, 0) is 52.5 Å². The molecule has 1 heterocycles. The van der Waals surface area contributed by atoms with E-state index in [4.69, 9.17) is 23.7 Å². The van der Waals surface area contributed by atoms with Crippen molar-refractivity contribution in [1.82, 2.24) is 10.6 Å². The van der Waals surface area contributed by atoms with Crippen LogP contribution < -0.4 is 10.6 Å². The molecule has 0 aliphatic carbocycles. The van der Waals surface area contributed by atoms with Gasteiger partial charge in [-0.05, 0) is 44.9 Å². The smallest absolute Gasteiger partial charge is 0.328 e. The van der Waals surface area contributed by atoms with E-state index in [1.807, 2.05) is 0 Å². The van der Waals surface area contributed by atoms with E-state index >= 15 is 0 Å². The fraction of sp³-hybridized carbons (Fsp3) is 0.924. The molecule has 95 heavy (non-hydrogen) atoms. The third kappa shape index (κ3) is 52.4. The van der Waals surface area contributed by atoms with E-state index in [0.29, 0.717) is 38.5 Å². The van der Waals surface area contributed by atoms with Crippen molar-refractivity contribution < 1.29 is 67.8 Å². The first-order valence-electron chi connectivity index (χ1n) is 40.3. The number of hydrogen-bond donors (Lipinski definition) is 5. The molecule has 1 fully saturated rings. The molecule has 1 aliphatic heterocycles. The Morgan fingerprint density at radius 2 is 0.716 bits per heavy atom. The zero-order chi connectivity index (χ0) is 69.5. The highest BCUT2D eigenvalue weighted by molar-refractivity contribution is 5.83. The second-order valence-electron chi connectivity index (χ2n) is 28.3. The minimum atomic E-state index is -1.71. The number of hydrogen-bond acceptors (Lipinski definition) is 13. The van der Waals surface area contributed by atoms with Crippen LogP contribution in [0.25, 0.3) is 0 Å². The van der Waals surface area contributed by atoms with E-state index in [0.717, 1.165) is 122 Å². The van der Waals surface area contributed by atoms with Gasteiger partial charge in [0, 0.05) is 19.3 Å². The molecule has 2 unspecified atom stereocenters. The van der Waals surface area contributed by atoms with Gasteiger partial charge in [-0.2, -0.15) is 0 Å². The van der Waals surface area contributed by atoms with Gasteiger partial charge in [0.25, 0.3) is 0 Å². The molecule has 5 N–H and O–H groups in total. The molecule has 16 nitrogen and oxygen atoms in total. The number of rotatable bonds is 70. The van der Waals surface area contributed by atoms with Crippen LogP contribution in [0.15, 0.2) is 0 Å². The van der Waals surface area contributed by atoms with Gasteiger partial charge in [0.05, 0.1) is 26.1 Å². The highest BCUT2D eigenvalue weighted by Gasteiger charge is 2.49. The number of aliphatic carboxylic acids is 1. The normalized spacial score (nSPS) is 17.3. The Hall–Kier alpha value is -3.34. The third-order valence-corrected chi connectivity index (χ3v) is 19.1. The number of aliphatic hydroxyl groups is 2. The summed E-state index contributed by atoms with van der Waals surface area (Å²) in [6.07, 6.45) is 49.5. The van der Waals surface area contributed by atoms with Crippen LogP contribution in [0, 0.1) is 0 Å². The molecule has 0 aromatic rings. The fourth-order valence-electron chi connectivity index (χ4n) is 13.1. The molecule has 0 spiro atoms. The van der Waals surface area contributed by atoms with E-state index < -0.39 is 91.8 Å². The van der Waals surface area contributed by atoms with Gasteiger partial charge >= 0.3 is 23.9 Å². The van der Waals surface area contributed by atoms with Crippen molar-refractivity contribution in [2.24, 2.45) is 0 Å². The van der Waals surface area contributed by atoms with E-state index in [1.54, 1.807) is 0 Å². The van der Waals surface area contributed by atoms with Crippen LogP contribution in [0.5, 0.6) is 0 Å². The number of carboxylic acid groups (broad SMARTS) is 1. The minimum absolute atomic E-state index is 0.120. The molecule has 558 valence electrons. The van der Waals surface area contributed by atoms with E-state index in [1.165, 1.54) is 180 Å². The van der Waals surface area contributed by atoms with Crippen molar-refractivity contribution >= 4 is 35.7 Å². The Balaban J connectivity index is 3.44. The fourth-order valence-corrected chi connectivity index (χ4v) is 13.1. The first-order valence-corrected chi connectivity index (χ1v) is 40.3. The highest BCUT2D eigenvalue weighted by atomic mass is 16.7. The number of carbonyl (C=O) groups is 6.